The molecule has 0 radical (unpaired) electrons. The molecule has 7 nitrogen and oxygen atoms in total. The number of ether oxygens (including phenoxy) is 1. The molecule has 2 aromatic rings. The van der Waals surface area contributed by atoms with Crippen molar-refractivity contribution >= 4 is 23.6 Å². The van der Waals surface area contributed by atoms with Gasteiger partial charge >= 0.3 is 6.09 Å². The molecule has 0 aliphatic rings. The van der Waals surface area contributed by atoms with Gasteiger partial charge in [-0.15, -0.1) is 0 Å². The predicted molar refractivity (Wildman–Crippen MR) is 167 cm³/mol. The van der Waals surface area contributed by atoms with Gasteiger partial charge in [0.05, 0.1) is 0 Å². The third kappa shape index (κ3) is 10.5. The summed E-state index contributed by atoms with van der Waals surface area (Å²) in [6.45, 7) is 17.6. The molecule has 0 aliphatic carbocycles. The average Bonchev–Trinajstić information content (AvgIpc) is 2.88. The van der Waals surface area contributed by atoms with Crippen molar-refractivity contribution in [2.75, 3.05) is 11.9 Å². The first kappa shape index (κ1) is 33.9. The van der Waals surface area contributed by atoms with Crippen molar-refractivity contribution in [2.45, 2.75) is 112 Å². The molecule has 0 heterocycles. The first-order valence-electron chi connectivity index (χ1n) is 15.0. The van der Waals surface area contributed by atoms with Gasteiger partial charge < -0.3 is 20.3 Å². The lowest BCUT2D eigenvalue weighted by Crippen LogP contribution is -2.54. The number of carbonyl (C=O) groups excluding carboxylic acids is 3. The number of unbranched alkanes of at least 4 members (excludes halogenated alkanes) is 4. The molecule has 7 heteroatoms. The molecule has 0 spiro atoms. The first-order chi connectivity index (χ1) is 19.2. The molecule has 2 aromatic carbocycles. The van der Waals surface area contributed by atoms with E-state index in [2.05, 4.69) is 17.6 Å². The lowest BCUT2D eigenvalue weighted by Gasteiger charge is -2.36. The van der Waals surface area contributed by atoms with Crippen LogP contribution in [-0.2, 0) is 14.3 Å². The molecule has 2 atom stereocenters. The summed E-state index contributed by atoms with van der Waals surface area (Å²) in [5.41, 5.74) is 3.63. The van der Waals surface area contributed by atoms with Crippen molar-refractivity contribution in [3.63, 3.8) is 0 Å². The number of nitrogens with one attached hydrogen (secondary N) is 2. The standard InChI is InChI=1S/C34H51N3O4/c1-10-11-12-13-16-21-37(32(39)29(23(2)3)36-33(40)41-34(7,8)9)30(27-22-24(4)19-20-25(27)5)31(38)35-28-18-15-14-17-26(28)6/h14-15,17-20,22-23,29-30H,10-13,16,21H2,1-9H3,(H,35,38)(H,36,40). The largest absolute Gasteiger partial charge is 0.444 e. The molecule has 0 bridgehead atoms. The Balaban J connectivity index is 2.58. The molecule has 0 aromatic heterocycles. The number of rotatable bonds is 13. The number of amides is 3. The molecule has 226 valence electrons. The van der Waals surface area contributed by atoms with Crippen molar-refractivity contribution in [1.29, 1.82) is 0 Å². The van der Waals surface area contributed by atoms with Crippen molar-refractivity contribution < 1.29 is 19.1 Å². The second-order valence-electron chi connectivity index (χ2n) is 12.4. The van der Waals surface area contributed by atoms with E-state index in [-0.39, 0.29) is 17.7 Å². The summed E-state index contributed by atoms with van der Waals surface area (Å²) in [7, 11) is 0. The fourth-order valence-electron chi connectivity index (χ4n) is 4.80. The SMILES string of the molecule is CCCCCCCN(C(=O)C(NC(=O)OC(C)(C)C)C(C)C)C(C(=O)Nc1ccccc1C)c1cc(C)ccc1C. The van der Waals surface area contributed by atoms with Gasteiger partial charge in [0, 0.05) is 12.2 Å². The van der Waals surface area contributed by atoms with E-state index in [1.54, 1.807) is 25.7 Å². The highest BCUT2D eigenvalue weighted by Crippen LogP contribution is 2.30. The van der Waals surface area contributed by atoms with Crippen LogP contribution in [0.5, 0.6) is 0 Å². The Morgan fingerprint density at radius 1 is 0.902 bits per heavy atom. The smallest absolute Gasteiger partial charge is 0.408 e. The minimum atomic E-state index is -0.880. The third-order valence-electron chi connectivity index (χ3n) is 7.08. The van der Waals surface area contributed by atoms with Gasteiger partial charge in [0.15, 0.2) is 0 Å². The molecule has 2 rings (SSSR count). The van der Waals surface area contributed by atoms with E-state index in [1.807, 2.05) is 77.1 Å². The second kappa shape index (κ2) is 15.6. The quantitative estimate of drug-likeness (QED) is 0.244. The van der Waals surface area contributed by atoms with Crippen LogP contribution in [0.15, 0.2) is 42.5 Å². The number of hydrogen-bond donors (Lipinski definition) is 2. The number of carbonyl (C=O) groups is 3. The molecule has 41 heavy (non-hydrogen) atoms. The summed E-state index contributed by atoms with van der Waals surface area (Å²) in [5.74, 6) is -0.807. The van der Waals surface area contributed by atoms with Crippen molar-refractivity contribution in [1.82, 2.24) is 10.2 Å². The van der Waals surface area contributed by atoms with Gasteiger partial charge in [-0.2, -0.15) is 0 Å². The van der Waals surface area contributed by atoms with E-state index in [9.17, 15) is 14.4 Å². The molecule has 2 N–H and O–H groups in total. The van der Waals surface area contributed by atoms with Crippen molar-refractivity contribution in [3.05, 3.63) is 64.7 Å². The lowest BCUT2D eigenvalue weighted by molar-refractivity contribution is -0.141. The van der Waals surface area contributed by atoms with Crippen molar-refractivity contribution in [2.24, 2.45) is 5.92 Å². The van der Waals surface area contributed by atoms with Gasteiger partial charge in [0.25, 0.3) is 5.91 Å². The average molecular weight is 566 g/mol. The van der Waals surface area contributed by atoms with Crippen LogP contribution >= 0.6 is 0 Å². The number of anilines is 1. The molecule has 3 amide bonds. The van der Waals surface area contributed by atoms with Crippen LogP contribution in [0.1, 0.15) is 102 Å². The summed E-state index contributed by atoms with van der Waals surface area (Å²) in [5, 5.41) is 5.91. The lowest BCUT2D eigenvalue weighted by atomic mass is 9.94. The van der Waals surface area contributed by atoms with E-state index in [0.717, 1.165) is 54.4 Å². The van der Waals surface area contributed by atoms with Crippen LogP contribution in [-0.4, -0.2) is 41.0 Å². The molecule has 0 saturated carbocycles. The Morgan fingerprint density at radius 3 is 2.17 bits per heavy atom. The summed E-state index contributed by atoms with van der Waals surface area (Å²) in [6.07, 6.45) is 4.34. The molecule has 0 fully saturated rings. The molecule has 2 unspecified atom stereocenters. The number of hydrogen-bond acceptors (Lipinski definition) is 4. The first-order valence-corrected chi connectivity index (χ1v) is 15.0. The van der Waals surface area contributed by atoms with Crippen LogP contribution in [0.3, 0.4) is 0 Å². The van der Waals surface area contributed by atoms with Gasteiger partial charge in [-0.1, -0.05) is 88.4 Å². The van der Waals surface area contributed by atoms with Crippen LogP contribution < -0.4 is 10.6 Å². The number of alkyl carbamates (subject to hydrolysis) is 1. The van der Waals surface area contributed by atoms with Crippen molar-refractivity contribution in [3.8, 4) is 0 Å². The number of nitrogens with zero attached hydrogens (tertiary/aromatic N) is 1. The van der Waals surface area contributed by atoms with E-state index < -0.39 is 23.8 Å². The Bertz CT molecular complexity index is 1170. The summed E-state index contributed by atoms with van der Waals surface area (Å²) >= 11 is 0. The second-order valence-corrected chi connectivity index (χ2v) is 12.4. The van der Waals surface area contributed by atoms with Gasteiger partial charge in [-0.05, 0) is 76.6 Å². The van der Waals surface area contributed by atoms with E-state index >= 15 is 0 Å². The zero-order valence-electron chi connectivity index (χ0n) is 26.6. The maximum absolute atomic E-state index is 14.4. The minimum Gasteiger partial charge on any atom is -0.444 e. The topological polar surface area (TPSA) is 87.7 Å². The van der Waals surface area contributed by atoms with Crippen LogP contribution in [0.4, 0.5) is 10.5 Å². The zero-order chi connectivity index (χ0) is 30.7. The van der Waals surface area contributed by atoms with E-state index in [4.69, 9.17) is 4.74 Å². The zero-order valence-corrected chi connectivity index (χ0v) is 26.6. The molecule has 0 aliphatic heterocycles. The molecule has 0 saturated heterocycles. The maximum atomic E-state index is 14.4. The van der Waals surface area contributed by atoms with Crippen LogP contribution in [0.25, 0.3) is 0 Å². The van der Waals surface area contributed by atoms with E-state index in [0.29, 0.717) is 12.2 Å². The van der Waals surface area contributed by atoms with Gasteiger partial charge in [-0.25, -0.2) is 4.79 Å². The molecular weight excluding hydrogens is 514 g/mol. The number of benzene rings is 2. The monoisotopic (exact) mass is 565 g/mol. The highest BCUT2D eigenvalue weighted by Gasteiger charge is 2.38. The highest BCUT2D eigenvalue weighted by molar-refractivity contribution is 5.99. The Morgan fingerprint density at radius 2 is 1.56 bits per heavy atom. The Hall–Kier alpha value is -3.35. The minimum absolute atomic E-state index is 0.226. The summed E-state index contributed by atoms with van der Waals surface area (Å²) in [4.78, 5) is 43.1. The highest BCUT2D eigenvalue weighted by atomic mass is 16.6. The van der Waals surface area contributed by atoms with Crippen LogP contribution in [0, 0.1) is 26.7 Å². The van der Waals surface area contributed by atoms with Gasteiger partial charge in [0.1, 0.15) is 17.7 Å². The normalized spacial score (nSPS) is 12.9. The summed E-state index contributed by atoms with van der Waals surface area (Å²) in [6, 6.07) is 11.9. The van der Waals surface area contributed by atoms with E-state index in [1.165, 1.54) is 0 Å². The number of aryl methyl sites for hydroxylation is 3. The fourth-order valence-corrected chi connectivity index (χ4v) is 4.80. The van der Waals surface area contributed by atoms with Crippen LogP contribution in [0.2, 0.25) is 0 Å². The Labute approximate surface area is 247 Å². The number of para-hydroxylation sites is 1. The summed E-state index contributed by atoms with van der Waals surface area (Å²) < 4.78 is 5.49. The van der Waals surface area contributed by atoms with Gasteiger partial charge in [-0.3, -0.25) is 9.59 Å². The third-order valence-corrected chi connectivity index (χ3v) is 7.08. The fraction of sp³-hybridized carbons (Fsp3) is 0.559. The van der Waals surface area contributed by atoms with Gasteiger partial charge in [0.2, 0.25) is 5.91 Å². The Kier molecular flexibility index (Phi) is 12.9. The molecular formula is C34H51N3O4. The maximum Gasteiger partial charge on any atom is 0.408 e. The predicted octanol–water partition coefficient (Wildman–Crippen LogP) is 7.64.